The van der Waals surface area contributed by atoms with Crippen molar-refractivity contribution in [3.05, 3.63) is 77.6 Å². The average molecular weight is 318 g/mol. The molecule has 0 atom stereocenters. The lowest BCUT2D eigenvalue weighted by atomic mass is 9.99. The molecular weight excluding hydrogens is 303 g/mol. The molecule has 3 aromatic rings. The maximum Gasteiger partial charge on any atom is 0.159 e. The fraction of sp³-hybridized carbons (Fsp3) is 0.105. The quantitative estimate of drug-likeness (QED) is 0.747. The first-order valence-corrected chi connectivity index (χ1v) is 7.50. The summed E-state index contributed by atoms with van der Waals surface area (Å²) in [6, 6.07) is 14.1. The van der Waals surface area contributed by atoms with Crippen LogP contribution in [0.3, 0.4) is 0 Å². The minimum atomic E-state index is -0.265. The van der Waals surface area contributed by atoms with Crippen molar-refractivity contribution in [1.82, 2.24) is 9.97 Å². The molecule has 0 bridgehead atoms. The molecule has 1 heterocycles. The molecule has 0 aliphatic carbocycles. The second kappa shape index (κ2) is 6.88. The van der Waals surface area contributed by atoms with Gasteiger partial charge in [-0.2, -0.15) is 5.26 Å². The van der Waals surface area contributed by atoms with Gasteiger partial charge in [-0.3, -0.25) is 4.98 Å². The molecule has 1 aromatic heterocycles. The number of nitrogens with two attached hydrogens (primary N) is 1. The molecule has 118 valence electrons. The van der Waals surface area contributed by atoms with Crippen LogP contribution in [0.15, 0.2) is 54.9 Å². The summed E-state index contributed by atoms with van der Waals surface area (Å²) < 4.78 is 13.1. The Hall–Kier alpha value is -3.26. The van der Waals surface area contributed by atoms with Crippen molar-refractivity contribution in [1.29, 1.82) is 5.26 Å². The van der Waals surface area contributed by atoms with E-state index in [1.165, 1.54) is 18.3 Å². The van der Waals surface area contributed by atoms with E-state index >= 15 is 0 Å². The zero-order valence-corrected chi connectivity index (χ0v) is 12.9. The zero-order chi connectivity index (χ0) is 16.9. The van der Waals surface area contributed by atoms with Crippen LogP contribution in [-0.2, 0) is 12.8 Å². The number of aromatic nitrogens is 2. The third kappa shape index (κ3) is 3.73. The van der Waals surface area contributed by atoms with Gasteiger partial charge in [0.25, 0.3) is 0 Å². The van der Waals surface area contributed by atoms with Crippen LogP contribution in [0.5, 0.6) is 0 Å². The van der Waals surface area contributed by atoms with Crippen LogP contribution in [0.2, 0.25) is 0 Å². The van der Waals surface area contributed by atoms with Crippen LogP contribution in [0.1, 0.15) is 17.0 Å². The molecule has 4 nitrogen and oxygen atoms in total. The van der Waals surface area contributed by atoms with Gasteiger partial charge in [0.05, 0.1) is 11.9 Å². The van der Waals surface area contributed by atoms with Gasteiger partial charge in [-0.25, -0.2) is 9.37 Å². The maximum absolute atomic E-state index is 13.1. The summed E-state index contributed by atoms with van der Waals surface area (Å²) in [5, 5.41) is 8.87. The highest BCUT2D eigenvalue weighted by Gasteiger charge is 2.05. The van der Waals surface area contributed by atoms with Crippen molar-refractivity contribution in [2.45, 2.75) is 12.8 Å². The lowest BCUT2D eigenvalue weighted by Gasteiger charge is -2.08. The van der Waals surface area contributed by atoms with Gasteiger partial charge in [0.1, 0.15) is 11.9 Å². The summed E-state index contributed by atoms with van der Waals surface area (Å²) in [4.78, 5) is 8.24. The number of hydrogen-bond donors (Lipinski definition) is 1. The van der Waals surface area contributed by atoms with Crippen LogP contribution in [-0.4, -0.2) is 9.97 Å². The van der Waals surface area contributed by atoms with Gasteiger partial charge in [-0.05, 0) is 53.8 Å². The van der Waals surface area contributed by atoms with E-state index in [0.717, 1.165) is 28.8 Å². The Bertz CT molecular complexity index is 898. The number of anilines is 1. The van der Waals surface area contributed by atoms with E-state index in [2.05, 4.69) is 9.97 Å². The Kier molecular flexibility index (Phi) is 4.48. The predicted octanol–water partition coefficient (Wildman–Crippen LogP) is 3.52. The number of aryl methyl sites for hydroxylation is 2. The number of nitrogens with zero attached hydrogens (tertiary/aromatic N) is 3. The van der Waals surface area contributed by atoms with Crippen molar-refractivity contribution in [2.75, 3.05) is 5.73 Å². The van der Waals surface area contributed by atoms with E-state index in [9.17, 15) is 4.39 Å². The number of nitriles is 1. The number of hydrogen-bond acceptors (Lipinski definition) is 4. The Labute approximate surface area is 139 Å². The number of halogens is 1. The molecule has 0 radical (unpaired) electrons. The highest BCUT2D eigenvalue weighted by Crippen LogP contribution is 2.24. The SMILES string of the molecule is N#Cc1cncc(CCc2cc(N)cc(-c3ccc(F)cc3)c2)n1. The van der Waals surface area contributed by atoms with Gasteiger partial charge in [-0.15, -0.1) is 0 Å². The summed E-state index contributed by atoms with van der Waals surface area (Å²) in [6.45, 7) is 0. The Morgan fingerprint density at radius 3 is 2.54 bits per heavy atom. The molecule has 0 unspecified atom stereocenters. The second-order valence-corrected chi connectivity index (χ2v) is 5.48. The van der Waals surface area contributed by atoms with Gasteiger partial charge >= 0.3 is 0 Å². The summed E-state index contributed by atoms with van der Waals surface area (Å²) in [5.74, 6) is -0.265. The smallest absolute Gasteiger partial charge is 0.159 e. The molecule has 5 heteroatoms. The van der Waals surface area contributed by atoms with E-state index < -0.39 is 0 Å². The fourth-order valence-corrected chi connectivity index (χ4v) is 2.52. The van der Waals surface area contributed by atoms with Gasteiger partial charge < -0.3 is 5.73 Å². The summed E-state index contributed by atoms with van der Waals surface area (Å²) in [6.07, 6.45) is 4.49. The first kappa shape index (κ1) is 15.6. The Morgan fingerprint density at radius 2 is 1.79 bits per heavy atom. The molecule has 24 heavy (non-hydrogen) atoms. The van der Waals surface area contributed by atoms with Crippen molar-refractivity contribution in [2.24, 2.45) is 0 Å². The molecule has 0 amide bonds. The third-order valence-electron chi connectivity index (χ3n) is 3.66. The molecular formula is C19H15FN4. The van der Waals surface area contributed by atoms with E-state index in [1.54, 1.807) is 18.3 Å². The molecule has 0 fully saturated rings. The normalized spacial score (nSPS) is 10.3. The Balaban J connectivity index is 1.81. The van der Waals surface area contributed by atoms with Gasteiger partial charge in [0, 0.05) is 11.9 Å². The minimum absolute atomic E-state index is 0.265. The molecule has 2 N–H and O–H groups in total. The van der Waals surface area contributed by atoms with Crippen molar-refractivity contribution < 1.29 is 4.39 Å². The van der Waals surface area contributed by atoms with Crippen LogP contribution in [0, 0.1) is 17.1 Å². The predicted molar refractivity (Wildman–Crippen MR) is 90.4 cm³/mol. The molecule has 0 aliphatic rings. The van der Waals surface area contributed by atoms with Crippen LogP contribution >= 0.6 is 0 Å². The van der Waals surface area contributed by atoms with Crippen LogP contribution < -0.4 is 5.73 Å². The van der Waals surface area contributed by atoms with E-state index in [-0.39, 0.29) is 5.82 Å². The van der Waals surface area contributed by atoms with E-state index in [4.69, 9.17) is 11.0 Å². The maximum atomic E-state index is 13.1. The first-order chi connectivity index (χ1) is 11.6. The zero-order valence-electron chi connectivity index (χ0n) is 12.9. The minimum Gasteiger partial charge on any atom is -0.399 e. The number of nitrogen functional groups attached to an aromatic ring is 1. The molecule has 2 aromatic carbocycles. The number of rotatable bonds is 4. The topological polar surface area (TPSA) is 75.6 Å². The van der Waals surface area contributed by atoms with Crippen molar-refractivity contribution >= 4 is 5.69 Å². The molecule has 0 spiro atoms. The summed E-state index contributed by atoms with van der Waals surface area (Å²) in [7, 11) is 0. The lowest BCUT2D eigenvalue weighted by molar-refractivity contribution is 0.628. The monoisotopic (exact) mass is 318 g/mol. The van der Waals surface area contributed by atoms with E-state index in [1.807, 2.05) is 24.3 Å². The van der Waals surface area contributed by atoms with Gasteiger partial charge in [-0.1, -0.05) is 18.2 Å². The van der Waals surface area contributed by atoms with Crippen LogP contribution in [0.4, 0.5) is 10.1 Å². The molecule has 0 aliphatic heterocycles. The largest absolute Gasteiger partial charge is 0.399 e. The van der Waals surface area contributed by atoms with E-state index in [0.29, 0.717) is 17.8 Å². The summed E-state index contributed by atoms with van der Waals surface area (Å²) in [5.41, 5.74) is 10.6. The fourth-order valence-electron chi connectivity index (χ4n) is 2.52. The first-order valence-electron chi connectivity index (χ1n) is 7.50. The molecule has 0 saturated heterocycles. The second-order valence-electron chi connectivity index (χ2n) is 5.48. The standard InChI is InChI=1S/C19H15FN4/c20-16-4-2-14(3-5-16)15-7-13(8-17(22)9-15)1-6-18-11-23-12-19(10-21)24-18/h2-5,7-9,11-12H,1,6,22H2. The third-order valence-corrected chi connectivity index (χ3v) is 3.66. The van der Waals surface area contributed by atoms with Gasteiger partial charge in [0.15, 0.2) is 5.69 Å². The van der Waals surface area contributed by atoms with Crippen LogP contribution in [0.25, 0.3) is 11.1 Å². The highest BCUT2D eigenvalue weighted by molar-refractivity contribution is 5.68. The van der Waals surface area contributed by atoms with Gasteiger partial charge in [0.2, 0.25) is 0 Å². The molecule has 0 saturated carbocycles. The summed E-state index contributed by atoms with van der Waals surface area (Å²) >= 11 is 0. The van der Waals surface area contributed by atoms with Crippen molar-refractivity contribution in [3.63, 3.8) is 0 Å². The average Bonchev–Trinajstić information content (AvgIpc) is 2.60. The highest BCUT2D eigenvalue weighted by atomic mass is 19.1. The lowest BCUT2D eigenvalue weighted by Crippen LogP contribution is -1.99. The Morgan fingerprint density at radius 1 is 1.00 bits per heavy atom. The van der Waals surface area contributed by atoms with Crippen molar-refractivity contribution in [3.8, 4) is 17.2 Å². The number of benzene rings is 2. The molecule has 3 rings (SSSR count).